The molecular formula is C23H31BrN2O3S. The van der Waals surface area contributed by atoms with E-state index in [2.05, 4.69) is 59.4 Å². The topological polar surface area (TPSA) is 69.6 Å². The van der Waals surface area contributed by atoms with Gasteiger partial charge in [0.15, 0.2) is 0 Å². The number of halogens is 1. The van der Waals surface area contributed by atoms with Gasteiger partial charge < -0.3 is 10.4 Å². The smallest absolute Gasteiger partial charge is 0.242 e. The molecule has 30 heavy (non-hydrogen) atoms. The minimum atomic E-state index is -3.63. The van der Waals surface area contributed by atoms with E-state index in [-0.39, 0.29) is 17.0 Å². The fourth-order valence-corrected chi connectivity index (χ4v) is 5.70. The van der Waals surface area contributed by atoms with Gasteiger partial charge in [0.1, 0.15) is 0 Å². The van der Waals surface area contributed by atoms with Crippen LogP contribution in [0, 0.1) is 5.92 Å². The first-order chi connectivity index (χ1) is 14.1. The summed E-state index contributed by atoms with van der Waals surface area (Å²) >= 11 is 3.31. The second-order valence-corrected chi connectivity index (χ2v) is 11.9. The van der Waals surface area contributed by atoms with Crippen molar-refractivity contribution in [1.82, 2.24) is 9.62 Å². The molecule has 7 heteroatoms. The van der Waals surface area contributed by atoms with Gasteiger partial charge in [-0.1, -0.05) is 40.2 Å². The van der Waals surface area contributed by atoms with Crippen molar-refractivity contribution in [2.24, 2.45) is 5.92 Å². The van der Waals surface area contributed by atoms with Gasteiger partial charge in [-0.05, 0) is 74.4 Å². The van der Waals surface area contributed by atoms with Crippen LogP contribution in [0.5, 0.6) is 0 Å². The lowest BCUT2D eigenvalue weighted by Gasteiger charge is -2.31. The fourth-order valence-electron chi connectivity index (χ4n) is 4.23. The van der Waals surface area contributed by atoms with Crippen LogP contribution in [-0.4, -0.2) is 49.6 Å². The monoisotopic (exact) mass is 494 g/mol. The molecule has 0 saturated carbocycles. The van der Waals surface area contributed by atoms with Gasteiger partial charge in [-0.25, -0.2) is 8.42 Å². The van der Waals surface area contributed by atoms with E-state index in [1.807, 2.05) is 0 Å². The zero-order valence-electron chi connectivity index (χ0n) is 17.8. The number of fused-ring (bicyclic) bond motifs is 1. The Hall–Kier alpha value is -1.25. The van der Waals surface area contributed by atoms with Gasteiger partial charge in [-0.3, -0.25) is 0 Å². The molecule has 2 aromatic rings. The molecule has 1 atom stereocenters. The van der Waals surface area contributed by atoms with Crippen molar-refractivity contribution in [3.05, 3.63) is 64.1 Å². The first-order valence-electron chi connectivity index (χ1n) is 10.3. The van der Waals surface area contributed by atoms with E-state index < -0.39 is 16.1 Å². The Bertz CT molecular complexity index is 936. The van der Waals surface area contributed by atoms with Crippen molar-refractivity contribution in [1.29, 1.82) is 0 Å². The maximum Gasteiger partial charge on any atom is 0.242 e. The molecule has 3 rings (SSSR count). The molecule has 0 spiro atoms. The first kappa shape index (κ1) is 23.4. The van der Waals surface area contributed by atoms with Crippen LogP contribution in [0.2, 0.25) is 0 Å². The number of β-amino-alcohol motifs (C(OH)–C–C–N with tert-alkyl or cyclic N) is 1. The van der Waals surface area contributed by atoms with Gasteiger partial charge in [-0.2, -0.15) is 4.31 Å². The average Bonchev–Trinajstić information content (AvgIpc) is 3.08. The van der Waals surface area contributed by atoms with Crippen LogP contribution in [0.25, 0.3) is 0 Å². The largest absolute Gasteiger partial charge is 0.390 e. The quantitative estimate of drug-likeness (QED) is 0.558. The molecule has 1 aliphatic rings. The molecule has 0 heterocycles. The molecule has 0 aromatic heterocycles. The van der Waals surface area contributed by atoms with Crippen molar-refractivity contribution < 1.29 is 13.5 Å². The average molecular weight is 495 g/mol. The maximum atomic E-state index is 12.7. The third kappa shape index (κ3) is 5.92. The summed E-state index contributed by atoms with van der Waals surface area (Å²) in [5.41, 5.74) is 2.74. The van der Waals surface area contributed by atoms with Crippen molar-refractivity contribution in [2.45, 2.75) is 49.6 Å². The minimum absolute atomic E-state index is 0.0380. The summed E-state index contributed by atoms with van der Waals surface area (Å²) in [5.74, 6) is 0.586. The summed E-state index contributed by atoms with van der Waals surface area (Å²) < 4.78 is 27.4. The van der Waals surface area contributed by atoms with Crippen LogP contribution in [-0.2, 0) is 22.9 Å². The minimum Gasteiger partial charge on any atom is -0.390 e. The summed E-state index contributed by atoms with van der Waals surface area (Å²) in [7, 11) is -2.13. The van der Waals surface area contributed by atoms with Crippen LogP contribution < -0.4 is 5.32 Å². The molecule has 5 nitrogen and oxygen atoms in total. The van der Waals surface area contributed by atoms with E-state index in [1.54, 1.807) is 24.3 Å². The summed E-state index contributed by atoms with van der Waals surface area (Å²) in [4.78, 5) is 0.217. The fraction of sp³-hybridized carbons (Fsp3) is 0.478. The highest BCUT2D eigenvalue weighted by Gasteiger charge is 2.29. The van der Waals surface area contributed by atoms with Crippen LogP contribution in [0.15, 0.2) is 57.9 Å². The SMILES string of the molecule is CN(C[C@H](O)CNC(C)(C)CC1Cc2ccccc2C1)S(=O)(=O)c1ccc(Br)cc1. The second-order valence-electron chi connectivity index (χ2n) is 8.91. The third-order valence-electron chi connectivity index (χ3n) is 5.74. The van der Waals surface area contributed by atoms with E-state index >= 15 is 0 Å². The Balaban J connectivity index is 1.49. The molecule has 0 fully saturated rings. The summed E-state index contributed by atoms with van der Waals surface area (Å²) in [5, 5.41) is 13.9. The molecule has 0 amide bonds. The lowest BCUT2D eigenvalue weighted by Crippen LogP contribution is -2.47. The van der Waals surface area contributed by atoms with Crippen LogP contribution >= 0.6 is 15.9 Å². The predicted molar refractivity (Wildman–Crippen MR) is 124 cm³/mol. The molecule has 2 aromatic carbocycles. The Labute approximate surface area is 188 Å². The van der Waals surface area contributed by atoms with Gasteiger partial charge in [0.2, 0.25) is 10.0 Å². The Kier molecular flexibility index (Phi) is 7.40. The summed E-state index contributed by atoms with van der Waals surface area (Å²) in [6.07, 6.45) is 2.40. The molecule has 1 aliphatic carbocycles. The molecular weight excluding hydrogens is 464 g/mol. The number of rotatable bonds is 9. The molecule has 164 valence electrons. The molecule has 0 unspecified atom stereocenters. The number of aliphatic hydroxyl groups is 1. The number of hydrogen-bond acceptors (Lipinski definition) is 4. The van der Waals surface area contributed by atoms with Gasteiger partial charge in [-0.15, -0.1) is 0 Å². The number of benzene rings is 2. The lowest BCUT2D eigenvalue weighted by atomic mass is 9.88. The lowest BCUT2D eigenvalue weighted by molar-refractivity contribution is 0.135. The predicted octanol–water partition coefficient (Wildman–Crippen LogP) is 3.60. The second kappa shape index (κ2) is 9.49. The van der Waals surface area contributed by atoms with E-state index in [0.717, 1.165) is 23.7 Å². The van der Waals surface area contributed by atoms with Crippen molar-refractivity contribution in [3.63, 3.8) is 0 Å². The highest BCUT2D eigenvalue weighted by Crippen LogP contribution is 2.31. The normalized spacial score (nSPS) is 16.1. The highest BCUT2D eigenvalue weighted by molar-refractivity contribution is 9.10. The summed E-state index contributed by atoms with van der Waals surface area (Å²) in [6.45, 7) is 4.67. The van der Waals surface area contributed by atoms with Gasteiger partial charge in [0.05, 0.1) is 11.0 Å². The Morgan fingerprint density at radius 3 is 2.27 bits per heavy atom. The van der Waals surface area contributed by atoms with Gasteiger partial charge in [0.25, 0.3) is 0 Å². The standard InChI is InChI=1S/C23H31BrN2O3S/c1-23(2,14-17-12-18-6-4-5-7-19(18)13-17)25-15-21(27)16-26(3)30(28,29)22-10-8-20(24)9-11-22/h4-11,17,21,25,27H,12-16H2,1-3H3/t21-/m1/s1. The number of nitrogens with zero attached hydrogens (tertiary/aromatic N) is 1. The van der Waals surface area contributed by atoms with Crippen molar-refractivity contribution in [3.8, 4) is 0 Å². The van der Waals surface area contributed by atoms with Crippen LogP contribution in [0.3, 0.4) is 0 Å². The highest BCUT2D eigenvalue weighted by atomic mass is 79.9. The number of aliphatic hydroxyl groups excluding tert-OH is 1. The molecule has 0 aliphatic heterocycles. The zero-order valence-corrected chi connectivity index (χ0v) is 20.2. The Morgan fingerprint density at radius 2 is 1.70 bits per heavy atom. The molecule has 0 saturated heterocycles. The van der Waals surface area contributed by atoms with Crippen molar-refractivity contribution in [2.75, 3.05) is 20.1 Å². The van der Waals surface area contributed by atoms with E-state index in [4.69, 9.17) is 0 Å². The van der Waals surface area contributed by atoms with Crippen molar-refractivity contribution >= 4 is 26.0 Å². The first-order valence-corrected chi connectivity index (χ1v) is 12.5. The van der Waals surface area contributed by atoms with Gasteiger partial charge >= 0.3 is 0 Å². The van der Waals surface area contributed by atoms with Crippen LogP contribution in [0.1, 0.15) is 31.4 Å². The van der Waals surface area contributed by atoms with E-state index in [1.165, 1.54) is 22.5 Å². The van der Waals surface area contributed by atoms with Gasteiger partial charge in [0, 0.05) is 30.1 Å². The third-order valence-corrected chi connectivity index (χ3v) is 8.11. The number of likely N-dealkylation sites (N-methyl/N-ethyl adjacent to an activating group) is 1. The number of hydrogen-bond donors (Lipinski definition) is 2. The molecule has 0 bridgehead atoms. The number of sulfonamides is 1. The van der Waals surface area contributed by atoms with E-state index in [0.29, 0.717) is 12.5 Å². The molecule has 0 radical (unpaired) electrons. The maximum absolute atomic E-state index is 12.7. The summed E-state index contributed by atoms with van der Waals surface area (Å²) in [6, 6.07) is 15.1. The zero-order chi connectivity index (χ0) is 21.9. The van der Waals surface area contributed by atoms with E-state index in [9.17, 15) is 13.5 Å². The Morgan fingerprint density at radius 1 is 1.13 bits per heavy atom. The number of nitrogens with one attached hydrogen (secondary N) is 1. The molecule has 2 N–H and O–H groups in total. The van der Waals surface area contributed by atoms with Crippen LogP contribution in [0.4, 0.5) is 0 Å².